The number of ether oxygens (including phenoxy) is 1. The molecule has 0 fully saturated rings. The molecule has 0 unspecified atom stereocenters. The van der Waals surface area contributed by atoms with Crippen molar-refractivity contribution >= 4 is 23.2 Å². The van der Waals surface area contributed by atoms with Gasteiger partial charge in [-0.2, -0.15) is 5.10 Å². The summed E-state index contributed by atoms with van der Waals surface area (Å²) in [6.45, 7) is 0.829. The molecule has 0 saturated heterocycles. The molecule has 0 bridgehead atoms. The minimum atomic E-state index is -0.324. The van der Waals surface area contributed by atoms with Gasteiger partial charge in [0, 0.05) is 23.1 Å². The van der Waals surface area contributed by atoms with E-state index in [1.165, 1.54) is 0 Å². The second-order valence-corrected chi connectivity index (χ2v) is 6.81. The summed E-state index contributed by atoms with van der Waals surface area (Å²) in [5, 5.41) is 7.64. The summed E-state index contributed by atoms with van der Waals surface area (Å²) in [7, 11) is 0. The number of aromatic nitrogens is 2. The van der Waals surface area contributed by atoms with Gasteiger partial charge in [-0.1, -0.05) is 29.8 Å². The van der Waals surface area contributed by atoms with Crippen molar-refractivity contribution in [3.8, 4) is 5.75 Å². The molecule has 0 aliphatic rings. The first-order valence-electron chi connectivity index (χ1n) is 9.00. The van der Waals surface area contributed by atoms with Crippen LogP contribution in [0.2, 0.25) is 5.02 Å². The van der Waals surface area contributed by atoms with E-state index >= 15 is 0 Å². The third kappa shape index (κ3) is 5.06. The van der Waals surface area contributed by atoms with Gasteiger partial charge in [0.2, 0.25) is 0 Å². The van der Waals surface area contributed by atoms with Crippen molar-refractivity contribution in [3.05, 3.63) is 101 Å². The first-order valence-corrected chi connectivity index (χ1v) is 9.38. The molecule has 2 heterocycles. The van der Waals surface area contributed by atoms with Gasteiger partial charge in [-0.25, -0.2) is 0 Å². The van der Waals surface area contributed by atoms with Crippen LogP contribution in [-0.4, -0.2) is 15.7 Å². The van der Waals surface area contributed by atoms with E-state index in [1.54, 1.807) is 42.6 Å². The molecule has 0 spiro atoms. The molecule has 4 aromatic rings. The lowest BCUT2D eigenvalue weighted by molar-refractivity contribution is 0.0992. The fourth-order valence-electron chi connectivity index (χ4n) is 2.81. The van der Waals surface area contributed by atoms with Crippen LogP contribution in [0.1, 0.15) is 21.9 Å². The first kappa shape index (κ1) is 18.8. The van der Waals surface area contributed by atoms with Gasteiger partial charge in [-0.15, -0.1) is 0 Å². The van der Waals surface area contributed by atoms with E-state index in [2.05, 4.69) is 10.4 Å². The third-order valence-electron chi connectivity index (χ3n) is 4.15. The van der Waals surface area contributed by atoms with E-state index in [0.717, 1.165) is 5.56 Å². The number of halogens is 1. The SMILES string of the molecule is O=C(Nc1cccc(Cn2cccn2)c1)c1ccc(COc2cccc(Cl)c2)o1. The second kappa shape index (κ2) is 8.67. The Morgan fingerprint density at radius 2 is 2.00 bits per heavy atom. The van der Waals surface area contributed by atoms with Gasteiger partial charge in [0.1, 0.15) is 18.1 Å². The van der Waals surface area contributed by atoms with Crippen LogP contribution in [-0.2, 0) is 13.2 Å². The number of benzene rings is 2. The molecule has 0 saturated carbocycles. The van der Waals surface area contributed by atoms with Gasteiger partial charge in [0.15, 0.2) is 5.76 Å². The smallest absolute Gasteiger partial charge is 0.291 e. The van der Waals surface area contributed by atoms with E-state index in [9.17, 15) is 4.79 Å². The van der Waals surface area contributed by atoms with Gasteiger partial charge in [0.25, 0.3) is 5.91 Å². The van der Waals surface area contributed by atoms with Crippen molar-refractivity contribution in [2.45, 2.75) is 13.2 Å². The molecule has 0 atom stereocenters. The molecule has 0 aliphatic carbocycles. The minimum Gasteiger partial charge on any atom is -0.486 e. The summed E-state index contributed by atoms with van der Waals surface area (Å²) < 4.78 is 13.1. The fraction of sp³-hybridized carbons (Fsp3) is 0.0909. The Morgan fingerprint density at radius 3 is 2.83 bits per heavy atom. The maximum absolute atomic E-state index is 12.5. The Bertz CT molecular complexity index is 1110. The average Bonchev–Trinajstić information content (AvgIpc) is 3.39. The molecule has 146 valence electrons. The number of carbonyl (C=O) groups is 1. The van der Waals surface area contributed by atoms with Gasteiger partial charge in [-0.3, -0.25) is 9.48 Å². The molecule has 29 heavy (non-hydrogen) atoms. The zero-order valence-corrected chi connectivity index (χ0v) is 16.2. The molecule has 6 nitrogen and oxygen atoms in total. The van der Waals surface area contributed by atoms with Gasteiger partial charge in [-0.05, 0) is 54.1 Å². The van der Waals surface area contributed by atoms with Crippen LogP contribution >= 0.6 is 11.6 Å². The molecule has 4 rings (SSSR count). The highest BCUT2D eigenvalue weighted by Crippen LogP contribution is 2.20. The van der Waals surface area contributed by atoms with E-state index in [0.29, 0.717) is 28.8 Å². The van der Waals surface area contributed by atoms with Gasteiger partial charge in [0.05, 0.1) is 6.54 Å². The number of amides is 1. The number of hydrogen-bond donors (Lipinski definition) is 1. The van der Waals surface area contributed by atoms with Crippen molar-refractivity contribution in [3.63, 3.8) is 0 Å². The number of nitrogens with one attached hydrogen (secondary N) is 1. The molecule has 1 amide bonds. The number of furan rings is 1. The Hall–Kier alpha value is -3.51. The van der Waals surface area contributed by atoms with Gasteiger partial charge >= 0.3 is 0 Å². The highest BCUT2D eigenvalue weighted by molar-refractivity contribution is 6.30. The minimum absolute atomic E-state index is 0.201. The maximum atomic E-state index is 12.5. The molecular weight excluding hydrogens is 390 g/mol. The van der Waals surface area contributed by atoms with E-state index < -0.39 is 0 Å². The number of nitrogens with zero attached hydrogens (tertiary/aromatic N) is 2. The van der Waals surface area contributed by atoms with Crippen LogP contribution in [0.5, 0.6) is 5.75 Å². The van der Waals surface area contributed by atoms with E-state index in [4.69, 9.17) is 20.8 Å². The Labute approximate surface area is 172 Å². The standard InChI is InChI=1S/C22H18ClN3O3/c23-17-5-2-7-19(13-17)28-15-20-8-9-21(29-20)22(27)25-18-6-1-4-16(12-18)14-26-11-3-10-24-26/h1-13H,14-15H2,(H,25,27). The number of hydrogen-bond acceptors (Lipinski definition) is 4. The average molecular weight is 408 g/mol. The summed E-state index contributed by atoms with van der Waals surface area (Å²) >= 11 is 5.94. The highest BCUT2D eigenvalue weighted by Gasteiger charge is 2.12. The molecule has 1 N–H and O–H groups in total. The summed E-state index contributed by atoms with van der Waals surface area (Å²) in [5.41, 5.74) is 1.72. The topological polar surface area (TPSA) is 69.3 Å². The third-order valence-corrected chi connectivity index (χ3v) is 4.39. The van der Waals surface area contributed by atoms with Crippen LogP contribution < -0.4 is 10.1 Å². The summed E-state index contributed by atoms with van der Waals surface area (Å²) in [5.74, 6) is 1.07. The lowest BCUT2D eigenvalue weighted by Crippen LogP contribution is -2.11. The van der Waals surface area contributed by atoms with E-state index in [1.807, 2.05) is 41.2 Å². The molecule has 0 radical (unpaired) electrons. The van der Waals surface area contributed by atoms with Crippen molar-refractivity contribution < 1.29 is 13.9 Å². The quantitative estimate of drug-likeness (QED) is 0.467. The Morgan fingerprint density at radius 1 is 1.10 bits per heavy atom. The Kier molecular flexibility index (Phi) is 5.63. The van der Waals surface area contributed by atoms with Crippen molar-refractivity contribution in [1.82, 2.24) is 9.78 Å². The van der Waals surface area contributed by atoms with Crippen LogP contribution in [0.4, 0.5) is 5.69 Å². The van der Waals surface area contributed by atoms with E-state index in [-0.39, 0.29) is 18.3 Å². The van der Waals surface area contributed by atoms with Crippen LogP contribution in [0.15, 0.2) is 83.5 Å². The van der Waals surface area contributed by atoms with Crippen LogP contribution in [0.3, 0.4) is 0 Å². The van der Waals surface area contributed by atoms with Crippen LogP contribution in [0.25, 0.3) is 0 Å². The van der Waals surface area contributed by atoms with Crippen molar-refractivity contribution in [1.29, 1.82) is 0 Å². The maximum Gasteiger partial charge on any atom is 0.291 e. The lowest BCUT2D eigenvalue weighted by atomic mass is 10.2. The normalized spacial score (nSPS) is 10.7. The number of carbonyl (C=O) groups excluding carboxylic acids is 1. The fourth-order valence-corrected chi connectivity index (χ4v) is 2.99. The summed E-state index contributed by atoms with van der Waals surface area (Å²) in [6, 6.07) is 19.9. The monoisotopic (exact) mass is 407 g/mol. The summed E-state index contributed by atoms with van der Waals surface area (Å²) in [6.07, 6.45) is 3.62. The van der Waals surface area contributed by atoms with Crippen LogP contribution in [0, 0.1) is 0 Å². The largest absolute Gasteiger partial charge is 0.486 e. The Balaban J connectivity index is 1.36. The predicted octanol–water partition coefficient (Wildman–Crippen LogP) is 5.01. The van der Waals surface area contributed by atoms with Crippen molar-refractivity contribution in [2.75, 3.05) is 5.32 Å². The molecular formula is C22H18ClN3O3. The van der Waals surface area contributed by atoms with Crippen molar-refractivity contribution in [2.24, 2.45) is 0 Å². The highest BCUT2D eigenvalue weighted by atomic mass is 35.5. The number of anilines is 1. The number of rotatable bonds is 7. The summed E-state index contributed by atoms with van der Waals surface area (Å²) in [4.78, 5) is 12.5. The molecule has 2 aromatic heterocycles. The zero-order valence-electron chi connectivity index (χ0n) is 15.4. The second-order valence-electron chi connectivity index (χ2n) is 6.37. The molecule has 0 aliphatic heterocycles. The first-order chi connectivity index (χ1) is 14.2. The molecule has 7 heteroatoms. The zero-order chi connectivity index (χ0) is 20.1. The lowest BCUT2D eigenvalue weighted by Gasteiger charge is -2.07. The molecule has 2 aromatic carbocycles. The van der Waals surface area contributed by atoms with Gasteiger partial charge < -0.3 is 14.5 Å². The predicted molar refractivity (Wildman–Crippen MR) is 110 cm³/mol.